The van der Waals surface area contributed by atoms with Crippen LogP contribution in [-0.2, 0) is 11.2 Å². The Balaban J connectivity index is 1.94. The lowest BCUT2D eigenvalue weighted by Crippen LogP contribution is -2.33. The van der Waals surface area contributed by atoms with Crippen LogP contribution in [0.2, 0.25) is 0 Å². The number of aromatic nitrogens is 2. The van der Waals surface area contributed by atoms with Gasteiger partial charge >= 0.3 is 0 Å². The molecule has 3 atom stereocenters. The third-order valence-corrected chi connectivity index (χ3v) is 3.88. The highest BCUT2D eigenvalue weighted by atomic mass is 16.5. The molecule has 2 heterocycles. The second kappa shape index (κ2) is 7.01. The maximum atomic E-state index is 5.42. The van der Waals surface area contributed by atoms with Crippen LogP contribution in [0.3, 0.4) is 0 Å². The van der Waals surface area contributed by atoms with Crippen LogP contribution in [0.5, 0.6) is 0 Å². The fourth-order valence-electron chi connectivity index (χ4n) is 2.65. The van der Waals surface area contributed by atoms with Gasteiger partial charge in [-0.05, 0) is 25.3 Å². The summed E-state index contributed by atoms with van der Waals surface area (Å²) in [6.07, 6.45) is 3.03. The maximum Gasteiger partial charge on any atom is 0.231 e. The molecule has 1 fully saturated rings. The van der Waals surface area contributed by atoms with Crippen molar-refractivity contribution in [1.82, 2.24) is 15.5 Å². The van der Waals surface area contributed by atoms with Crippen molar-refractivity contribution in [2.24, 2.45) is 5.92 Å². The van der Waals surface area contributed by atoms with Crippen LogP contribution in [-0.4, -0.2) is 35.9 Å². The van der Waals surface area contributed by atoms with Gasteiger partial charge in [-0.25, -0.2) is 0 Å². The normalized spacial score (nSPS) is 22.6. The lowest BCUT2D eigenvalue weighted by atomic mass is 9.99. The number of nitrogens with one attached hydrogen (secondary N) is 1. The number of nitrogens with zero attached hydrogens (tertiary/aromatic N) is 2. The average molecular weight is 267 g/mol. The highest BCUT2D eigenvalue weighted by molar-refractivity contribution is 4.98. The molecular formula is C14H25N3O2. The third kappa shape index (κ3) is 3.76. The molecule has 108 valence electrons. The number of hydrogen-bond donors (Lipinski definition) is 1. The first-order chi connectivity index (χ1) is 9.24. The van der Waals surface area contributed by atoms with E-state index in [-0.39, 0.29) is 5.92 Å². The van der Waals surface area contributed by atoms with E-state index in [1.807, 2.05) is 0 Å². The summed E-state index contributed by atoms with van der Waals surface area (Å²) >= 11 is 0. The summed E-state index contributed by atoms with van der Waals surface area (Å²) in [6.45, 7) is 9.10. The Kier molecular flexibility index (Phi) is 5.34. The molecule has 2 rings (SSSR count). The van der Waals surface area contributed by atoms with E-state index in [4.69, 9.17) is 9.26 Å². The van der Waals surface area contributed by atoms with E-state index < -0.39 is 0 Å². The van der Waals surface area contributed by atoms with Gasteiger partial charge in [0.1, 0.15) is 0 Å². The molecule has 1 aliphatic rings. The van der Waals surface area contributed by atoms with E-state index in [1.54, 1.807) is 0 Å². The summed E-state index contributed by atoms with van der Waals surface area (Å²) < 4.78 is 10.8. The second-order valence-corrected chi connectivity index (χ2v) is 5.34. The minimum Gasteiger partial charge on any atom is -0.381 e. The highest BCUT2D eigenvalue weighted by Crippen LogP contribution is 2.21. The molecule has 1 aliphatic heterocycles. The predicted octanol–water partition coefficient (Wildman–Crippen LogP) is 2.14. The van der Waals surface area contributed by atoms with Crippen LogP contribution in [0, 0.1) is 5.92 Å². The molecule has 0 amide bonds. The molecule has 5 heteroatoms. The standard InChI is InChI=1S/C14H25N3O2/c1-4-12(15-5-2)10(3)14-16-13(17-19-14)8-11-6-7-18-9-11/h10-12,15H,4-9H2,1-3H3. The first-order valence-corrected chi connectivity index (χ1v) is 7.38. The minimum absolute atomic E-state index is 0.256. The quantitative estimate of drug-likeness (QED) is 0.820. The first kappa shape index (κ1) is 14.5. The van der Waals surface area contributed by atoms with Gasteiger partial charge in [0.25, 0.3) is 0 Å². The number of likely N-dealkylation sites (N-methyl/N-ethyl adjacent to an activating group) is 1. The molecule has 19 heavy (non-hydrogen) atoms. The largest absolute Gasteiger partial charge is 0.381 e. The van der Waals surface area contributed by atoms with Crippen molar-refractivity contribution in [3.63, 3.8) is 0 Å². The summed E-state index contributed by atoms with van der Waals surface area (Å²) in [5, 5.41) is 7.57. The molecule has 0 saturated carbocycles. The molecule has 0 spiro atoms. The second-order valence-electron chi connectivity index (χ2n) is 5.34. The molecule has 0 aliphatic carbocycles. The Bertz CT molecular complexity index is 375. The molecule has 1 N–H and O–H groups in total. The van der Waals surface area contributed by atoms with Crippen molar-refractivity contribution in [1.29, 1.82) is 0 Å². The van der Waals surface area contributed by atoms with Gasteiger partial charge in [-0.3, -0.25) is 0 Å². The molecule has 1 aromatic heterocycles. The fourth-order valence-corrected chi connectivity index (χ4v) is 2.65. The van der Waals surface area contributed by atoms with Crippen LogP contribution in [0.4, 0.5) is 0 Å². The van der Waals surface area contributed by atoms with Gasteiger partial charge in [0.05, 0.1) is 5.92 Å². The van der Waals surface area contributed by atoms with E-state index in [0.29, 0.717) is 12.0 Å². The molecule has 1 aromatic rings. The van der Waals surface area contributed by atoms with E-state index >= 15 is 0 Å². The Morgan fingerprint density at radius 2 is 2.26 bits per heavy atom. The zero-order chi connectivity index (χ0) is 13.7. The van der Waals surface area contributed by atoms with E-state index in [0.717, 1.165) is 50.7 Å². The van der Waals surface area contributed by atoms with Gasteiger partial charge in [0.2, 0.25) is 5.89 Å². The number of hydrogen-bond acceptors (Lipinski definition) is 5. The van der Waals surface area contributed by atoms with Gasteiger partial charge in [0.15, 0.2) is 5.82 Å². The van der Waals surface area contributed by atoms with Crippen LogP contribution < -0.4 is 5.32 Å². The lowest BCUT2D eigenvalue weighted by molar-refractivity contribution is 0.185. The molecule has 1 saturated heterocycles. The van der Waals surface area contributed by atoms with Crippen molar-refractivity contribution in [3.8, 4) is 0 Å². The van der Waals surface area contributed by atoms with Crippen molar-refractivity contribution in [2.75, 3.05) is 19.8 Å². The summed E-state index contributed by atoms with van der Waals surface area (Å²) in [4.78, 5) is 4.55. The van der Waals surface area contributed by atoms with Crippen molar-refractivity contribution in [2.45, 2.75) is 52.0 Å². The molecule has 3 unspecified atom stereocenters. The summed E-state index contributed by atoms with van der Waals surface area (Å²) in [7, 11) is 0. The van der Waals surface area contributed by atoms with Crippen LogP contribution in [0.15, 0.2) is 4.52 Å². The number of ether oxygens (including phenoxy) is 1. The van der Waals surface area contributed by atoms with Crippen molar-refractivity contribution < 1.29 is 9.26 Å². The zero-order valence-corrected chi connectivity index (χ0v) is 12.2. The Labute approximate surface area is 115 Å². The highest BCUT2D eigenvalue weighted by Gasteiger charge is 2.24. The molecule has 0 bridgehead atoms. The first-order valence-electron chi connectivity index (χ1n) is 7.38. The molecule has 0 aromatic carbocycles. The van der Waals surface area contributed by atoms with Crippen LogP contribution >= 0.6 is 0 Å². The lowest BCUT2D eigenvalue weighted by Gasteiger charge is -2.20. The van der Waals surface area contributed by atoms with Gasteiger partial charge in [-0.1, -0.05) is 25.9 Å². The molecule has 5 nitrogen and oxygen atoms in total. The summed E-state index contributed by atoms with van der Waals surface area (Å²) in [6, 6.07) is 0.396. The zero-order valence-electron chi connectivity index (χ0n) is 12.2. The molecule has 0 radical (unpaired) electrons. The van der Waals surface area contributed by atoms with Crippen LogP contribution in [0.25, 0.3) is 0 Å². The number of rotatable bonds is 7. The third-order valence-electron chi connectivity index (χ3n) is 3.88. The monoisotopic (exact) mass is 267 g/mol. The fraction of sp³-hybridized carbons (Fsp3) is 0.857. The van der Waals surface area contributed by atoms with Gasteiger partial charge in [-0.2, -0.15) is 4.98 Å². The topological polar surface area (TPSA) is 60.2 Å². The van der Waals surface area contributed by atoms with E-state index in [2.05, 4.69) is 36.2 Å². The van der Waals surface area contributed by atoms with E-state index in [9.17, 15) is 0 Å². The Morgan fingerprint density at radius 3 is 2.89 bits per heavy atom. The van der Waals surface area contributed by atoms with Crippen LogP contribution in [0.1, 0.15) is 51.2 Å². The van der Waals surface area contributed by atoms with Gasteiger partial charge in [0, 0.05) is 25.7 Å². The van der Waals surface area contributed by atoms with E-state index in [1.165, 1.54) is 0 Å². The minimum atomic E-state index is 0.256. The average Bonchev–Trinajstić information content (AvgIpc) is 3.07. The van der Waals surface area contributed by atoms with Crippen molar-refractivity contribution in [3.05, 3.63) is 11.7 Å². The SMILES string of the molecule is CCNC(CC)C(C)c1nc(CC2CCOC2)no1. The smallest absolute Gasteiger partial charge is 0.231 e. The van der Waals surface area contributed by atoms with Crippen molar-refractivity contribution >= 4 is 0 Å². The molecular weight excluding hydrogens is 242 g/mol. The summed E-state index contributed by atoms with van der Waals surface area (Å²) in [5.41, 5.74) is 0. The van der Waals surface area contributed by atoms with Gasteiger partial charge in [-0.15, -0.1) is 0 Å². The predicted molar refractivity (Wildman–Crippen MR) is 73.1 cm³/mol. The Hall–Kier alpha value is -0.940. The van der Waals surface area contributed by atoms with Gasteiger partial charge < -0.3 is 14.6 Å². The summed E-state index contributed by atoms with van der Waals surface area (Å²) in [5.74, 6) is 2.38. The Morgan fingerprint density at radius 1 is 1.42 bits per heavy atom. The maximum absolute atomic E-state index is 5.42.